The van der Waals surface area contributed by atoms with Crippen molar-refractivity contribution >= 4 is 33.0 Å². The smallest absolute Gasteiger partial charge is 0.186 e. The summed E-state index contributed by atoms with van der Waals surface area (Å²) in [5, 5.41) is 9.08. The number of hydrogen-bond acceptors (Lipinski definition) is 4. The van der Waals surface area contributed by atoms with Gasteiger partial charge >= 0.3 is 0 Å². The Balaban J connectivity index is 1.96. The van der Waals surface area contributed by atoms with Gasteiger partial charge in [0.05, 0.1) is 15.2 Å². The highest BCUT2D eigenvalue weighted by atomic mass is 79.9. The molecular weight excluding hydrogens is 314 g/mol. The van der Waals surface area contributed by atoms with Crippen LogP contribution in [0.5, 0.6) is 0 Å². The highest BCUT2D eigenvalue weighted by Gasteiger charge is 2.24. The van der Waals surface area contributed by atoms with Gasteiger partial charge in [-0.25, -0.2) is 0 Å². The fraction of sp³-hybridized carbons (Fsp3) is 0.615. The third-order valence-corrected chi connectivity index (χ3v) is 5.07. The van der Waals surface area contributed by atoms with Crippen LogP contribution in [0.3, 0.4) is 0 Å². The van der Waals surface area contributed by atoms with Crippen LogP contribution in [0.4, 0.5) is 0 Å². The fourth-order valence-corrected chi connectivity index (χ4v) is 3.79. The van der Waals surface area contributed by atoms with E-state index in [1.165, 1.54) is 17.8 Å². The van der Waals surface area contributed by atoms with E-state index < -0.39 is 0 Å². The fourth-order valence-electron chi connectivity index (χ4n) is 2.47. The average Bonchev–Trinajstić information content (AvgIpc) is 2.79. The van der Waals surface area contributed by atoms with E-state index in [2.05, 4.69) is 20.8 Å². The van der Waals surface area contributed by atoms with Crippen molar-refractivity contribution in [2.75, 3.05) is 19.7 Å². The third kappa shape index (κ3) is 3.63. The van der Waals surface area contributed by atoms with Crippen molar-refractivity contribution in [3.8, 4) is 0 Å². The standard InChI is InChI=1S/C13H18BrNO2S/c14-13-5-4-12(18-13)11(17)9-15-7-2-1-3-10(15)6-8-16/h4-5,10,16H,1-3,6-9H2. The molecule has 1 atom stereocenters. The number of aliphatic hydroxyl groups excluding tert-OH is 1. The molecule has 0 bridgehead atoms. The third-order valence-electron chi connectivity index (χ3n) is 3.41. The predicted octanol–water partition coefficient (Wildman–Crippen LogP) is 2.93. The van der Waals surface area contributed by atoms with E-state index >= 15 is 0 Å². The largest absolute Gasteiger partial charge is 0.396 e. The molecule has 1 unspecified atom stereocenters. The molecule has 0 saturated carbocycles. The number of ketones is 1. The van der Waals surface area contributed by atoms with Crippen LogP contribution in [-0.4, -0.2) is 41.5 Å². The Labute approximate surface area is 120 Å². The van der Waals surface area contributed by atoms with Crippen molar-refractivity contribution in [3.05, 3.63) is 20.8 Å². The lowest BCUT2D eigenvalue weighted by atomic mass is 9.99. The summed E-state index contributed by atoms with van der Waals surface area (Å²) in [4.78, 5) is 15.2. The zero-order valence-corrected chi connectivity index (χ0v) is 12.7. The second kappa shape index (κ2) is 6.80. The molecule has 2 heterocycles. The van der Waals surface area contributed by atoms with E-state index in [4.69, 9.17) is 5.11 Å². The quantitative estimate of drug-likeness (QED) is 0.843. The number of nitrogens with zero attached hydrogens (tertiary/aromatic N) is 1. The van der Waals surface area contributed by atoms with Crippen LogP contribution < -0.4 is 0 Å². The lowest BCUT2D eigenvalue weighted by molar-refractivity contribution is 0.0802. The molecule has 1 aromatic heterocycles. The topological polar surface area (TPSA) is 40.5 Å². The molecular formula is C13H18BrNO2S. The summed E-state index contributed by atoms with van der Waals surface area (Å²) in [5.41, 5.74) is 0. The van der Waals surface area contributed by atoms with Crippen LogP contribution >= 0.6 is 27.3 Å². The molecule has 100 valence electrons. The summed E-state index contributed by atoms with van der Waals surface area (Å²) < 4.78 is 0.997. The van der Waals surface area contributed by atoms with E-state index in [1.807, 2.05) is 12.1 Å². The van der Waals surface area contributed by atoms with Gasteiger partial charge in [-0.2, -0.15) is 0 Å². The Bertz CT molecular complexity index is 405. The monoisotopic (exact) mass is 331 g/mol. The Hall–Kier alpha value is -0.230. The van der Waals surface area contributed by atoms with Crippen LogP contribution in [0.1, 0.15) is 35.4 Å². The maximum absolute atomic E-state index is 12.2. The van der Waals surface area contributed by atoms with E-state index in [0.29, 0.717) is 12.6 Å². The Morgan fingerprint density at radius 2 is 2.33 bits per heavy atom. The highest BCUT2D eigenvalue weighted by molar-refractivity contribution is 9.11. The van der Waals surface area contributed by atoms with Gasteiger partial charge in [0.2, 0.25) is 0 Å². The van der Waals surface area contributed by atoms with Gasteiger partial charge in [0.1, 0.15) is 0 Å². The second-order valence-corrected chi connectivity index (χ2v) is 7.12. The van der Waals surface area contributed by atoms with Gasteiger partial charge in [0.15, 0.2) is 5.78 Å². The molecule has 0 aromatic carbocycles. The van der Waals surface area contributed by atoms with Crippen molar-refractivity contribution in [3.63, 3.8) is 0 Å². The number of carbonyl (C=O) groups is 1. The molecule has 5 heteroatoms. The second-order valence-electron chi connectivity index (χ2n) is 4.66. The van der Waals surface area contributed by atoms with Gasteiger partial charge in [-0.1, -0.05) is 6.42 Å². The van der Waals surface area contributed by atoms with Crippen LogP contribution in [0.2, 0.25) is 0 Å². The molecule has 0 amide bonds. The van der Waals surface area contributed by atoms with Gasteiger partial charge in [-0.3, -0.25) is 9.69 Å². The highest BCUT2D eigenvalue weighted by Crippen LogP contribution is 2.24. The van der Waals surface area contributed by atoms with Gasteiger partial charge in [0, 0.05) is 12.6 Å². The molecule has 2 rings (SSSR count). The number of hydrogen-bond donors (Lipinski definition) is 1. The van der Waals surface area contributed by atoms with E-state index in [0.717, 1.165) is 34.5 Å². The molecule has 1 aromatic rings. The minimum absolute atomic E-state index is 0.190. The first kappa shape index (κ1) is 14.2. The van der Waals surface area contributed by atoms with Crippen molar-refractivity contribution in [2.24, 2.45) is 0 Å². The molecule has 0 spiro atoms. The zero-order chi connectivity index (χ0) is 13.0. The van der Waals surface area contributed by atoms with Crippen LogP contribution in [0, 0.1) is 0 Å². The number of rotatable bonds is 5. The summed E-state index contributed by atoms with van der Waals surface area (Å²) in [6.45, 7) is 1.67. The van der Waals surface area contributed by atoms with Gasteiger partial charge < -0.3 is 5.11 Å². The number of Topliss-reactive ketones (excluding diaryl/α,β-unsaturated/α-hetero) is 1. The average molecular weight is 332 g/mol. The number of aliphatic hydroxyl groups is 1. The summed E-state index contributed by atoms with van der Waals surface area (Å²) in [5.74, 6) is 0.190. The summed E-state index contributed by atoms with van der Waals surface area (Å²) in [6.07, 6.45) is 4.24. The first-order chi connectivity index (χ1) is 8.70. The zero-order valence-electron chi connectivity index (χ0n) is 10.3. The van der Waals surface area contributed by atoms with Crippen LogP contribution in [0.15, 0.2) is 15.9 Å². The summed E-state index contributed by atoms with van der Waals surface area (Å²) in [7, 11) is 0. The first-order valence-corrected chi connectivity index (χ1v) is 7.95. The molecule has 1 aliphatic rings. The van der Waals surface area contributed by atoms with E-state index in [1.54, 1.807) is 0 Å². The van der Waals surface area contributed by atoms with Gasteiger partial charge in [-0.15, -0.1) is 11.3 Å². The summed E-state index contributed by atoms with van der Waals surface area (Å²) in [6, 6.07) is 4.16. The number of carbonyl (C=O) groups excluding carboxylic acids is 1. The van der Waals surface area contributed by atoms with Crippen LogP contribution in [-0.2, 0) is 0 Å². The lowest BCUT2D eigenvalue weighted by Crippen LogP contribution is -2.42. The molecule has 1 fully saturated rings. The minimum Gasteiger partial charge on any atom is -0.396 e. The number of likely N-dealkylation sites (tertiary alicyclic amines) is 1. The number of piperidine rings is 1. The molecule has 1 aliphatic heterocycles. The van der Waals surface area contributed by atoms with Crippen LogP contribution in [0.25, 0.3) is 0 Å². The predicted molar refractivity (Wildman–Crippen MR) is 77.3 cm³/mol. The van der Waals surface area contributed by atoms with Crippen molar-refractivity contribution in [2.45, 2.75) is 31.7 Å². The minimum atomic E-state index is 0.190. The molecule has 0 aliphatic carbocycles. The maximum atomic E-state index is 12.2. The summed E-state index contributed by atoms with van der Waals surface area (Å²) >= 11 is 4.87. The Kier molecular flexibility index (Phi) is 5.36. The van der Waals surface area contributed by atoms with Gasteiger partial charge in [0.25, 0.3) is 0 Å². The molecule has 18 heavy (non-hydrogen) atoms. The molecule has 0 radical (unpaired) electrons. The van der Waals surface area contributed by atoms with Gasteiger partial charge in [-0.05, 0) is 53.9 Å². The molecule has 1 saturated heterocycles. The molecule has 1 N–H and O–H groups in total. The Morgan fingerprint density at radius 1 is 1.50 bits per heavy atom. The lowest BCUT2D eigenvalue weighted by Gasteiger charge is -2.34. The van der Waals surface area contributed by atoms with Crippen molar-refractivity contribution < 1.29 is 9.90 Å². The number of thiophene rings is 1. The van der Waals surface area contributed by atoms with Crippen molar-refractivity contribution in [1.29, 1.82) is 0 Å². The van der Waals surface area contributed by atoms with E-state index in [9.17, 15) is 4.79 Å². The maximum Gasteiger partial charge on any atom is 0.186 e. The molecule has 3 nitrogen and oxygen atoms in total. The Morgan fingerprint density at radius 3 is 3.00 bits per heavy atom. The van der Waals surface area contributed by atoms with E-state index in [-0.39, 0.29) is 12.4 Å². The number of halogens is 1. The normalized spacial score (nSPS) is 21.1. The SMILES string of the molecule is O=C(CN1CCCCC1CCO)c1ccc(Br)s1. The first-order valence-electron chi connectivity index (χ1n) is 6.34. The van der Waals surface area contributed by atoms with Crippen molar-refractivity contribution in [1.82, 2.24) is 4.90 Å².